The molecule has 0 bridgehead atoms. The van der Waals surface area contributed by atoms with Gasteiger partial charge in [-0.1, -0.05) is 31.8 Å². The SMILES string of the molecule is C#C[C@]1(O[Si](CC)(CC)CC)CC2(OCCO2)c2nocc2/C1=C\C(=O)O. The van der Waals surface area contributed by atoms with Crippen molar-refractivity contribution in [3.8, 4) is 12.3 Å². The van der Waals surface area contributed by atoms with Crippen molar-refractivity contribution in [2.45, 2.75) is 56.7 Å². The van der Waals surface area contributed by atoms with Gasteiger partial charge in [0, 0.05) is 11.6 Å². The van der Waals surface area contributed by atoms with E-state index in [1.54, 1.807) is 0 Å². The second-order valence-corrected chi connectivity index (χ2v) is 11.6. The highest BCUT2D eigenvalue weighted by atomic mass is 28.4. The van der Waals surface area contributed by atoms with E-state index in [2.05, 4.69) is 31.8 Å². The summed E-state index contributed by atoms with van der Waals surface area (Å²) in [4.78, 5) is 11.6. The molecule has 146 valence electrons. The minimum atomic E-state index is -2.20. The van der Waals surface area contributed by atoms with Gasteiger partial charge in [0.05, 0.1) is 25.2 Å². The molecule has 1 spiro atoms. The molecule has 1 aliphatic carbocycles. The van der Waals surface area contributed by atoms with Gasteiger partial charge in [-0.05, 0) is 18.1 Å². The molecular weight excluding hydrogens is 366 g/mol. The molecular formula is C19H25NO6Si. The molecule has 8 heteroatoms. The highest BCUT2D eigenvalue weighted by Crippen LogP contribution is 2.53. The maximum absolute atomic E-state index is 11.6. The van der Waals surface area contributed by atoms with Crippen LogP contribution in [0.5, 0.6) is 0 Å². The van der Waals surface area contributed by atoms with Crippen LogP contribution in [0.3, 0.4) is 0 Å². The third-order valence-electron chi connectivity index (χ3n) is 5.72. The van der Waals surface area contributed by atoms with Crippen LogP contribution in [-0.2, 0) is 24.5 Å². The van der Waals surface area contributed by atoms with Crippen LogP contribution in [0, 0.1) is 12.3 Å². The van der Waals surface area contributed by atoms with Crippen molar-refractivity contribution in [2.75, 3.05) is 13.2 Å². The Morgan fingerprint density at radius 2 is 2.00 bits per heavy atom. The Balaban J connectivity index is 2.21. The highest BCUT2D eigenvalue weighted by molar-refractivity contribution is 6.73. The molecule has 2 heterocycles. The average Bonchev–Trinajstić information content (AvgIpc) is 3.33. The van der Waals surface area contributed by atoms with Crippen molar-refractivity contribution < 1.29 is 28.3 Å². The summed E-state index contributed by atoms with van der Waals surface area (Å²) in [6, 6.07) is 2.61. The Morgan fingerprint density at radius 1 is 1.37 bits per heavy atom. The third kappa shape index (κ3) is 3.15. The number of carboxylic acids is 1. The first kappa shape index (κ1) is 19.8. The second-order valence-electron chi connectivity index (χ2n) is 6.92. The number of rotatable bonds is 6. The molecule has 0 saturated carbocycles. The fourth-order valence-corrected chi connectivity index (χ4v) is 6.94. The minimum absolute atomic E-state index is 0.143. The molecule has 7 nitrogen and oxygen atoms in total. The van der Waals surface area contributed by atoms with E-state index in [4.69, 9.17) is 24.8 Å². The molecule has 1 saturated heterocycles. The van der Waals surface area contributed by atoms with Gasteiger partial charge in [0.25, 0.3) is 0 Å². The van der Waals surface area contributed by atoms with Crippen LogP contribution in [0.25, 0.3) is 5.57 Å². The number of hydrogen-bond acceptors (Lipinski definition) is 6. The summed E-state index contributed by atoms with van der Waals surface area (Å²) >= 11 is 0. The van der Waals surface area contributed by atoms with Gasteiger partial charge in [-0.15, -0.1) is 6.42 Å². The van der Waals surface area contributed by atoms with Gasteiger partial charge in [0.15, 0.2) is 14.0 Å². The van der Waals surface area contributed by atoms with Gasteiger partial charge in [-0.2, -0.15) is 0 Å². The number of hydrogen-bond donors (Lipinski definition) is 1. The topological polar surface area (TPSA) is 91.0 Å². The summed E-state index contributed by atoms with van der Waals surface area (Å²) in [6.07, 6.45) is 8.63. The van der Waals surface area contributed by atoms with Gasteiger partial charge in [0.2, 0.25) is 5.79 Å². The van der Waals surface area contributed by atoms with Crippen LogP contribution in [0.2, 0.25) is 18.1 Å². The smallest absolute Gasteiger partial charge is 0.328 e. The van der Waals surface area contributed by atoms with Crippen LogP contribution >= 0.6 is 0 Å². The number of terminal acetylenes is 1. The first-order chi connectivity index (χ1) is 12.9. The summed E-state index contributed by atoms with van der Waals surface area (Å²) in [5.41, 5.74) is -0.0330. The van der Waals surface area contributed by atoms with Crippen LogP contribution in [-0.4, -0.2) is 43.4 Å². The van der Waals surface area contributed by atoms with E-state index in [-0.39, 0.29) is 6.42 Å². The molecule has 1 atom stereocenters. The predicted octanol–water partition coefficient (Wildman–Crippen LogP) is 3.14. The van der Waals surface area contributed by atoms with Crippen molar-refractivity contribution >= 4 is 19.9 Å². The molecule has 1 aromatic rings. The Kier molecular flexibility index (Phi) is 5.32. The molecule has 0 aromatic carbocycles. The Bertz CT molecular complexity index is 776. The maximum Gasteiger partial charge on any atom is 0.328 e. The maximum atomic E-state index is 11.6. The lowest BCUT2D eigenvalue weighted by Gasteiger charge is -2.46. The van der Waals surface area contributed by atoms with Crippen LogP contribution in [0.1, 0.15) is 38.4 Å². The number of aromatic nitrogens is 1. The first-order valence-corrected chi connectivity index (χ1v) is 11.8. The number of carboxylic acid groups (broad SMARTS) is 1. The lowest BCUT2D eigenvalue weighted by molar-refractivity contribution is -0.193. The number of ether oxygens (including phenoxy) is 2. The van der Waals surface area contributed by atoms with Crippen molar-refractivity contribution in [1.29, 1.82) is 0 Å². The molecule has 27 heavy (non-hydrogen) atoms. The average molecular weight is 391 g/mol. The number of carbonyl (C=O) groups is 1. The standard InChI is InChI=1S/C19H25NO6Si/c1-5-18(26-27(6-2,7-3)8-4)13-19(23-9-10-24-19)17-14(12-25-20-17)15(18)11-16(21)22/h1,11-12H,6-10,13H2,2-4H3,(H,21,22)/b15-11+/t18-/m0/s1. The van der Waals surface area contributed by atoms with Crippen LogP contribution in [0.15, 0.2) is 16.9 Å². The first-order valence-electron chi connectivity index (χ1n) is 9.26. The number of fused-ring (bicyclic) bond motifs is 2. The van der Waals surface area contributed by atoms with E-state index in [0.717, 1.165) is 24.2 Å². The predicted molar refractivity (Wildman–Crippen MR) is 100 cm³/mol. The molecule has 0 radical (unpaired) electrons. The molecule has 0 amide bonds. The summed E-state index contributed by atoms with van der Waals surface area (Å²) in [6.45, 7) is 7.06. The zero-order chi connectivity index (χ0) is 19.7. The summed E-state index contributed by atoms with van der Waals surface area (Å²) in [7, 11) is -2.20. The van der Waals surface area contributed by atoms with E-state index in [0.29, 0.717) is 30.0 Å². The Labute approximate surface area is 159 Å². The van der Waals surface area contributed by atoms with E-state index in [1.165, 1.54) is 6.26 Å². The monoisotopic (exact) mass is 391 g/mol. The normalized spacial score (nSPS) is 25.5. The zero-order valence-corrected chi connectivity index (χ0v) is 16.9. The van der Waals surface area contributed by atoms with E-state index in [9.17, 15) is 9.90 Å². The lowest BCUT2D eigenvalue weighted by atomic mass is 9.76. The number of nitrogens with zero attached hydrogens (tertiary/aromatic N) is 1. The summed E-state index contributed by atoms with van der Waals surface area (Å²) in [5.74, 6) is 0.474. The highest BCUT2D eigenvalue weighted by Gasteiger charge is 2.58. The zero-order valence-electron chi connectivity index (χ0n) is 15.9. The van der Waals surface area contributed by atoms with Crippen molar-refractivity contribution in [3.63, 3.8) is 0 Å². The Hall–Kier alpha value is -1.92. The molecule has 1 aliphatic heterocycles. The molecule has 1 N–H and O–H groups in total. The lowest BCUT2D eigenvalue weighted by Crippen LogP contribution is -2.53. The van der Waals surface area contributed by atoms with Gasteiger partial charge in [-0.25, -0.2) is 4.79 Å². The molecule has 2 aliphatic rings. The fraction of sp³-hybridized carbons (Fsp3) is 0.579. The van der Waals surface area contributed by atoms with Crippen LogP contribution in [0.4, 0.5) is 0 Å². The summed E-state index contributed by atoms with van der Waals surface area (Å²) in [5, 5.41) is 13.5. The van der Waals surface area contributed by atoms with E-state index in [1.807, 2.05) is 0 Å². The summed E-state index contributed by atoms with van der Waals surface area (Å²) < 4.78 is 23.7. The van der Waals surface area contributed by atoms with Gasteiger partial charge >= 0.3 is 5.97 Å². The molecule has 0 unspecified atom stereocenters. The van der Waals surface area contributed by atoms with Gasteiger partial charge < -0.3 is 23.5 Å². The third-order valence-corrected chi connectivity index (χ3v) is 10.4. The molecule has 1 fully saturated rings. The quantitative estimate of drug-likeness (QED) is 0.452. The van der Waals surface area contributed by atoms with Gasteiger partial charge in [0.1, 0.15) is 11.9 Å². The second kappa shape index (κ2) is 7.24. The van der Waals surface area contributed by atoms with Gasteiger partial charge in [-0.3, -0.25) is 0 Å². The van der Waals surface area contributed by atoms with Crippen molar-refractivity contribution in [2.24, 2.45) is 0 Å². The van der Waals surface area contributed by atoms with E-state index < -0.39 is 25.7 Å². The molecule has 3 rings (SSSR count). The minimum Gasteiger partial charge on any atom is -0.478 e. The van der Waals surface area contributed by atoms with Crippen molar-refractivity contribution in [3.05, 3.63) is 23.6 Å². The van der Waals surface area contributed by atoms with Crippen molar-refractivity contribution in [1.82, 2.24) is 5.16 Å². The number of aliphatic carboxylic acids is 1. The Morgan fingerprint density at radius 3 is 2.52 bits per heavy atom. The van der Waals surface area contributed by atoms with E-state index >= 15 is 0 Å². The van der Waals surface area contributed by atoms with Crippen LogP contribution < -0.4 is 0 Å². The largest absolute Gasteiger partial charge is 0.478 e. The molecule has 1 aromatic heterocycles. The fourth-order valence-electron chi connectivity index (χ4n) is 4.02.